The van der Waals surface area contributed by atoms with Crippen molar-refractivity contribution in [2.75, 3.05) is 38.0 Å². The summed E-state index contributed by atoms with van der Waals surface area (Å²) in [5, 5.41) is 7.45. The van der Waals surface area contributed by atoms with E-state index in [9.17, 15) is 22.8 Å². The Morgan fingerprint density at radius 2 is 1.68 bits per heavy atom. The van der Waals surface area contributed by atoms with Gasteiger partial charge in [0.15, 0.2) is 0 Å². The zero-order valence-corrected chi connectivity index (χ0v) is 20.3. The molecule has 0 spiro atoms. The number of aromatic nitrogens is 2. The van der Waals surface area contributed by atoms with Gasteiger partial charge in [0.05, 0.1) is 11.9 Å². The monoisotopic (exact) mass is 522 g/mol. The van der Waals surface area contributed by atoms with Gasteiger partial charge in [0.1, 0.15) is 12.2 Å². The average molecular weight is 523 g/mol. The quantitative estimate of drug-likeness (QED) is 0.363. The van der Waals surface area contributed by atoms with Crippen LogP contribution in [0.4, 0.5) is 23.7 Å². The molecule has 3 heterocycles. The lowest BCUT2D eigenvalue weighted by molar-refractivity contribution is -0.122. The number of benzene rings is 2. The lowest BCUT2D eigenvalue weighted by Crippen LogP contribution is -2.46. The highest BCUT2D eigenvalue weighted by Gasteiger charge is 2.27. The fourth-order valence-corrected chi connectivity index (χ4v) is 4.37. The summed E-state index contributed by atoms with van der Waals surface area (Å²) in [6.45, 7) is 1.52. The minimum atomic E-state index is -4.49. The highest BCUT2D eigenvalue weighted by Crippen LogP contribution is 2.27. The van der Waals surface area contributed by atoms with Crippen molar-refractivity contribution in [1.82, 2.24) is 24.9 Å². The molecule has 1 aliphatic heterocycles. The van der Waals surface area contributed by atoms with E-state index in [0.29, 0.717) is 30.0 Å². The Morgan fingerprint density at radius 1 is 0.947 bits per heavy atom. The lowest BCUT2D eigenvalue weighted by atomic mass is 10.0. The molecule has 3 amide bonds. The third-order valence-electron chi connectivity index (χ3n) is 6.23. The number of carbonyl (C=O) groups is 2. The van der Waals surface area contributed by atoms with E-state index in [-0.39, 0.29) is 5.91 Å². The van der Waals surface area contributed by atoms with Gasteiger partial charge in [0, 0.05) is 49.2 Å². The zero-order chi connectivity index (χ0) is 26.7. The van der Waals surface area contributed by atoms with Crippen molar-refractivity contribution in [3.63, 3.8) is 0 Å². The van der Waals surface area contributed by atoms with Crippen LogP contribution in [0.2, 0.25) is 0 Å². The molecule has 4 aromatic rings. The fourth-order valence-electron chi connectivity index (χ4n) is 4.37. The summed E-state index contributed by atoms with van der Waals surface area (Å²) in [6, 6.07) is 17.2. The van der Waals surface area contributed by atoms with Gasteiger partial charge in [-0.25, -0.2) is 9.78 Å². The van der Waals surface area contributed by atoms with Crippen LogP contribution in [0.3, 0.4) is 0 Å². The predicted octanol–water partition coefficient (Wildman–Crippen LogP) is 4.40. The number of rotatable bonds is 5. The first-order valence-corrected chi connectivity index (χ1v) is 12.1. The third kappa shape index (κ3) is 5.78. The van der Waals surface area contributed by atoms with Gasteiger partial charge in [-0.2, -0.15) is 13.2 Å². The molecule has 8 nitrogen and oxygen atoms in total. The van der Waals surface area contributed by atoms with Gasteiger partial charge < -0.3 is 20.9 Å². The number of pyridine rings is 1. The summed E-state index contributed by atoms with van der Waals surface area (Å²) in [6.07, 6.45) is -0.934. The Labute approximate surface area is 216 Å². The van der Waals surface area contributed by atoms with E-state index in [1.807, 2.05) is 58.0 Å². The van der Waals surface area contributed by atoms with Crippen LogP contribution in [0.25, 0.3) is 28.0 Å². The van der Waals surface area contributed by atoms with E-state index in [0.717, 1.165) is 35.5 Å². The van der Waals surface area contributed by atoms with Gasteiger partial charge in [-0.05, 0) is 47.5 Å². The second kappa shape index (κ2) is 10.5. The van der Waals surface area contributed by atoms with Crippen LogP contribution in [0.15, 0.2) is 73.1 Å². The Balaban J connectivity index is 1.35. The van der Waals surface area contributed by atoms with Crippen molar-refractivity contribution in [3.8, 4) is 22.4 Å². The van der Waals surface area contributed by atoms with Gasteiger partial charge in [0.25, 0.3) is 5.91 Å². The fraction of sp³-hybridized carbons (Fsp3) is 0.222. The number of halogens is 3. The van der Waals surface area contributed by atoms with Crippen LogP contribution in [0.5, 0.6) is 0 Å². The zero-order valence-electron chi connectivity index (χ0n) is 20.3. The number of nitrogens with one attached hydrogen (secondary N) is 3. The molecule has 2 aromatic heterocycles. The van der Waals surface area contributed by atoms with Crippen LogP contribution in [0.1, 0.15) is 10.4 Å². The van der Waals surface area contributed by atoms with Crippen LogP contribution in [-0.4, -0.2) is 65.1 Å². The number of hydrogen-bond donors (Lipinski definition) is 3. The summed E-state index contributed by atoms with van der Waals surface area (Å²) >= 11 is 0. The van der Waals surface area contributed by atoms with E-state index in [1.165, 1.54) is 0 Å². The second-order valence-electron chi connectivity index (χ2n) is 8.91. The molecule has 0 radical (unpaired) electrons. The molecule has 2 aromatic carbocycles. The molecule has 38 heavy (non-hydrogen) atoms. The van der Waals surface area contributed by atoms with Crippen LogP contribution < -0.4 is 16.0 Å². The van der Waals surface area contributed by atoms with Crippen molar-refractivity contribution in [1.29, 1.82) is 0 Å². The Morgan fingerprint density at radius 3 is 2.47 bits per heavy atom. The largest absolute Gasteiger partial charge is 0.405 e. The lowest BCUT2D eigenvalue weighted by Gasteiger charge is -2.27. The molecule has 0 aliphatic carbocycles. The van der Waals surface area contributed by atoms with E-state index >= 15 is 0 Å². The number of nitrogens with zero attached hydrogens (tertiary/aromatic N) is 3. The summed E-state index contributed by atoms with van der Waals surface area (Å²) in [7, 11) is 0. The first-order chi connectivity index (χ1) is 18.3. The minimum absolute atomic E-state index is 0.0121. The number of alkyl halides is 3. The minimum Gasteiger partial charge on any atom is -0.336 e. The van der Waals surface area contributed by atoms with E-state index < -0.39 is 18.8 Å². The first-order valence-electron chi connectivity index (χ1n) is 12.1. The number of piperazine rings is 1. The van der Waals surface area contributed by atoms with E-state index in [4.69, 9.17) is 0 Å². The van der Waals surface area contributed by atoms with Crippen LogP contribution in [-0.2, 0) is 0 Å². The highest BCUT2D eigenvalue weighted by molar-refractivity contribution is 5.95. The van der Waals surface area contributed by atoms with Crippen molar-refractivity contribution in [2.45, 2.75) is 6.18 Å². The molecular weight excluding hydrogens is 497 g/mol. The summed E-state index contributed by atoms with van der Waals surface area (Å²) in [5.74, 6) is 0.0121. The molecule has 1 fully saturated rings. The maximum Gasteiger partial charge on any atom is 0.405 e. The standard InChI is InChI=1S/C27H25F3N6O2/c28-27(29,30)17-33-26(38)34-22-6-2-4-20(14-22)23-16-32-24-15-19(7-10-36(23)24)18-3-1-5-21(13-18)25(37)35-11-8-31-9-12-35/h1-7,10,13-16,31H,8-9,11-12,17H2,(H2,33,34,38). The van der Waals surface area contributed by atoms with Crippen molar-refractivity contribution >= 4 is 23.3 Å². The maximum atomic E-state index is 12.9. The number of fused-ring (bicyclic) bond motifs is 1. The topological polar surface area (TPSA) is 90.8 Å². The summed E-state index contributed by atoms with van der Waals surface area (Å²) < 4.78 is 38.9. The Bertz CT molecular complexity index is 1480. The number of anilines is 1. The van der Waals surface area contributed by atoms with Crippen molar-refractivity contribution in [3.05, 3.63) is 78.6 Å². The highest BCUT2D eigenvalue weighted by atomic mass is 19.4. The molecule has 196 valence electrons. The van der Waals surface area contributed by atoms with Crippen molar-refractivity contribution in [2.24, 2.45) is 0 Å². The molecule has 0 atom stereocenters. The normalized spacial score (nSPS) is 13.9. The molecule has 5 rings (SSSR count). The number of imidazole rings is 1. The molecule has 1 saturated heterocycles. The van der Waals surface area contributed by atoms with Crippen LogP contribution in [0, 0.1) is 0 Å². The number of amides is 3. The molecule has 11 heteroatoms. The molecule has 3 N–H and O–H groups in total. The molecular formula is C27H25F3N6O2. The number of hydrogen-bond acceptors (Lipinski definition) is 4. The molecule has 0 unspecified atom stereocenters. The summed E-state index contributed by atoms with van der Waals surface area (Å²) in [4.78, 5) is 31.1. The average Bonchev–Trinajstić information content (AvgIpc) is 3.35. The first kappa shape index (κ1) is 25.3. The SMILES string of the molecule is O=C(NCC(F)(F)F)Nc1cccc(-c2cnc3cc(-c4cccc(C(=O)N5CCNCC5)c4)ccn23)c1. The second-order valence-corrected chi connectivity index (χ2v) is 8.91. The molecule has 1 aliphatic rings. The van der Waals surface area contributed by atoms with Crippen LogP contribution >= 0.6 is 0 Å². The molecule has 0 bridgehead atoms. The van der Waals surface area contributed by atoms with E-state index in [2.05, 4.69) is 15.6 Å². The van der Waals surface area contributed by atoms with Gasteiger partial charge in [0.2, 0.25) is 0 Å². The van der Waals surface area contributed by atoms with Gasteiger partial charge in [-0.1, -0.05) is 24.3 Å². The molecule has 0 saturated carbocycles. The summed E-state index contributed by atoms with van der Waals surface area (Å²) in [5.41, 5.74) is 4.93. The third-order valence-corrected chi connectivity index (χ3v) is 6.23. The van der Waals surface area contributed by atoms with Gasteiger partial charge in [-0.15, -0.1) is 0 Å². The number of urea groups is 1. The predicted molar refractivity (Wildman–Crippen MR) is 138 cm³/mol. The van der Waals surface area contributed by atoms with E-state index in [1.54, 1.807) is 29.7 Å². The maximum absolute atomic E-state index is 12.9. The van der Waals surface area contributed by atoms with Gasteiger partial charge >= 0.3 is 12.2 Å². The smallest absolute Gasteiger partial charge is 0.336 e. The number of carbonyl (C=O) groups excluding carboxylic acids is 2. The Hall–Kier alpha value is -4.38. The van der Waals surface area contributed by atoms with Crippen molar-refractivity contribution < 1.29 is 22.8 Å². The Kier molecular flexibility index (Phi) is 7.01. The van der Waals surface area contributed by atoms with Gasteiger partial charge in [-0.3, -0.25) is 9.20 Å².